The van der Waals surface area contributed by atoms with Crippen molar-refractivity contribution in [1.29, 1.82) is 0 Å². The first kappa shape index (κ1) is 10.7. The molecule has 1 aromatic heterocycles. The lowest BCUT2D eigenvalue weighted by Gasteiger charge is -1.95. The first-order chi connectivity index (χ1) is 7.70. The van der Waals surface area contributed by atoms with Crippen LogP contribution in [0.1, 0.15) is 5.89 Å². The van der Waals surface area contributed by atoms with Gasteiger partial charge in [-0.2, -0.15) is 4.98 Å². The smallest absolute Gasteiger partial charge is 0.228 e. The van der Waals surface area contributed by atoms with E-state index in [1.54, 1.807) is 0 Å². The van der Waals surface area contributed by atoms with Gasteiger partial charge in [-0.1, -0.05) is 5.16 Å². The fourth-order valence-corrected chi connectivity index (χ4v) is 1.23. The van der Waals surface area contributed by atoms with Crippen molar-refractivity contribution in [3.63, 3.8) is 0 Å². The van der Waals surface area contributed by atoms with Crippen molar-refractivity contribution < 1.29 is 13.3 Å². The molecule has 0 saturated carbocycles. The maximum atomic E-state index is 12.9. The molecule has 0 atom stereocenters. The molecule has 0 aliphatic heterocycles. The Hall–Kier alpha value is -1.82. The second kappa shape index (κ2) is 4.36. The van der Waals surface area contributed by atoms with Gasteiger partial charge in [0.05, 0.1) is 0 Å². The van der Waals surface area contributed by atoms with E-state index >= 15 is 0 Å². The molecule has 16 heavy (non-hydrogen) atoms. The number of rotatable bonds is 3. The first-order valence-corrected chi connectivity index (χ1v) is 4.69. The highest BCUT2D eigenvalue weighted by molar-refractivity contribution is 5.54. The third kappa shape index (κ3) is 2.06. The lowest BCUT2D eigenvalue weighted by Crippen LogP contribution is -2.02. The summed E-state index contributed by atoms with van der Waals surface area (Å²) in [4.78, 5) is 3.99. The average molecular weight is 225 g/mol. The Labute approximate surface area is 90.1 Å². The van der Waals surface area contributed by atoms with E-state index < -0.39 is 11.6 Å². The van der Waals surface area contributed by atoms with Gasteiger partial charge in [0.2, 0.25) is 11.7 Å². The zero-order valence-corrected chi connectivity index (χ0v) is 8.28. The van der Waals surface area contributed by atoms with E-state index in [9.17, 15) is 8.78 Å². The van der Waals surface area contributed by atoms with E-state index in [1.165, 1.54) is 6.07 Å². The third-order valence-corrected chi connectivity index (χ3v) is 2.00. The molecule has 0 saturated heterocycles. The Morgan fingerprint density at radius 1 is 1.25 bits per heavy atom. The Kier molecular flexibility index (Phi) is 2.91. The van der Waals surface area contributed by atoms with Crippen LogP contribution in [0.2, 0.25) is 0 Å². The molecule has 1 aromatic carbocycles. The molecule has 0 radical (unpaired) electrons. The minimum atomic E-state index is -0.942. The number of nitrogens with two attached hydrogens (primary N) is 1. The van der Waals surface area contributed by atoms with E-state index in [-0.39, 0.29) is 5.82 Å². The molecule has 0 bridgehead atoms. The lowest BCUT2D eigenvalue weighted by molar-refractivity contribution is 0.380. The maximum Gasteiger partial charge on any atom is 0.228 e. The standard InChI is InChI=1S/C10H9F2N3O/c11-7-2-1-6(5-8(7)12)10-14-9(3-4-13)16-15-10/h1-2,5H,3-4,13H2. The van der Waals surface area contributed by atoms with Crippen LogP contribution in [0.5, 0.6) is 0 Å². The summed E-state index contributed by atoms with van der Waals surface area (Å²) in [6.45, 7) is 0.388. The second-order valence-corrected chi connectivity index (χ2v) is 3.18. The molecule has 0 aliphatic rings. The van der Waals surface area contributed by atoms with Crippen LogP contribution in [0.25, 0.3) is 11.4 Å². The summed E-state index contributed by atoms with van der Waals surface area (Å²) in [5.41, 5.74) is 5.68. The minimum absolute atomic E-state index is 0.224. The van der Waals surface area contributed by atoms with Gasteiger partial charge in [0.15, 0.2) is 11.6 Å². The molecule has 0 fully saturated rings. The molecular formula is C10H9F2N3O. The molecule has 6 heteroatoms. The third-order valence-electron chi connectivity index (χ3n) is 2.00. The molecule has 0 spiro atoms. The highest BCUT2D eigenvalue weighted by atomic mass is 19.2. The zero-order chi connectivity index (χ0) is 11.5. The van der Waals surface area contributed by atoms with Crippen LogP contribution < -0.4 is 5.73 Å². The number of hydrogen-bond donors (Lipinski definition) is 1. The van der Waals surface area contributed by atoms with Crippen LogP contribution >= 0.6 is 0 Å². The normalized spacial score (nSPS) is 10.7. The summed E-state index contributed by atoms with van der Waals surface area (Å²) in [5.74, 6) is -1.25. The summed E-state index contributed by atoms with van der Waals surface area (Å²) in [6.07, 6.45) is 0.455. The van der Waals surface area contributed by atoms with Crippen LogP contribution in [0.4, 0.5) is 8.78 Å². The van der Waals surface area contributed by atoms with Crippen molar-refractivity contribution in [2.45, 2.75) is 6.42 Å². The fourth-order valence-electron chi connectivity index (χ4n) is 1.23. The largest absolute Gasteiger partial charge is 0.339 e. The number of aromatic nitrogens is 2. The Morgan fingerprint density at radius 2 is 2.06 bits per heavy atom. The monoisotopic (exact) mass is 225 g/mol. The second-order valence-electron chi connectivity index (χ2n) is 3.18. The molecule has 1 heterocycles. The average Bonchev–Trinajstić information content (AvgIpc) is 2.71. The van der Waals surface area contributed by atoms with Gasteiger partial charge in [-0.25, -0.2) is 8.78 Å². The summed E-state index contributed by atoms with van der Waals surface area (Å²) < 4.78 is 30.5. The van der Waals surface area contributed by atoms with Crippen LogP contribution in [-0.2, 0) is 6.42 Å². The highest BCUT2D eigenvalue weighted by Gasteiger charge is 2.10. The van der Waals surface area contributed by atoms with E-state index in [1.807, 2.05) is 0 Å². The van der Waals surface area contributed by atoms with Gasteiger partial charge in [-0.05, 0) is 18.2 Å². The number of nitrogens with zero attached hydrogens (tertiary/aromatic N) is 2. The quantitative estimate of drug-likeness (QED) is 0.860. The Morgan fingerprint density at radius 3 is 2.75 bits per heavy atom. The molecule has 84 valence electrons. The van der Waals surface area contributed by atoms with Crippen LogP contribution in [0.3, 0.4) is 0 Å². The predicted octanol–water partition coefficient (Wildman–Crippen LogP) is 1.52. The number of hydrogen-bond acceptors (Lipinski definition) is 4. The van der Waals surface area contributed by atoms with Crippen molar-refractivity contribution in [2.24, 2.45) is 5.73 Å². The van der Waals surface area contributed by atoms with Gasteiger partial charge in [-0.3, -0.25) is 0 Å². The summed E-state index contributed by atoms with van der Waals surface area (Å²) in [6, 6.07) is 3.42. The maximum absolute atomic E-state index is 12.9. The van der Waals surface area contributed by atoms with Gasteiger partial charge in [0.25, 0.3) is 0 Å². The first-order valence-electron chi connectivity index (χ1n) is 4.69. The van der Waals surface area contributed by atoms with Crippen LogP contribution in [0, 0.1) is 11.6 Å². The molecule has 2 N–H and O–H groups in total. The van der Waals surface area contributed by atoms with Crippen LogP contribution in [-0.4, -0.2) is 16.7 Å². The van der Waals surface area contributed by atoms with Crippen molar-refractivity contribution in [1.82, 2.24) is 10.1 Å². The van der Waals surface area contributed by atoms with Gasteiger partial charge >= 0.3 is 0 Å². The zero-order valence-electron chi connectivity index (χ0n) is 8.28. The van der Waals surface area contributed by atoms with Crippen molar-refractivity contribution in [3.05, 3.63) is 35.7 Å². The van der Waals surface area contributed by atoms with E-state index in [0.29, 0.717) is 24.4 Å². The van der Waals surface area contributed by atoms with Gasteiger partial charge in [0, 0.05) is 18.5 Å². The minimum Gasteiger partial charge on any atom is -0.339 e. The topological polar surface area (TPSA) is 64.9 Å². The molecular weight excluding hydrogens is 216 g/mol. The molecule has 0 amide bonds. The molecule has 4 nitrogen and oxygen atoms in total. The van der Waals surface area contributed by atoms with E-state index in [0.717, 1.165) is 12.1 Å². The van der Waals surface area contributed by atoms with Crippen molar-refractivity contribution in [2.75, 3.05) is 6.54 Å². The Balaban J connectivity index is 2.31. The molecule has 2 rings (SSSR count). The van der Waals surface area contributed by atoms with Crippen LogP contribution in [0.15, 0.2) is 22.7 Å². The Bertz CT molecular complexity index is 499. The molecule has 2 aromatic rings. The predicted molar refractivity (Wildman–Crippen MR) is 52.4 cm³/mol. The van der Waals surface area contributed by atoms with Gasteiger partial charge in [-0.15, -0.1) is 0 Å². The fraction of sp³-hybridized carbons (Fsp3) is 0.200. The van der Waals surface area contributed by atoms with Gasteiger partial charge < -0.3 is 10.3 Å². The van der Waals surface area contributed by atoms with Crippen molar-refractivity contribution >= 4 is 0 Å². The summed E-state index contributed by atoms with van der Waals surface area (Å²) >= 11 is 0. The SMILES string of the molecule is NCCc1nc(-c2ccc(F)c(F)c2)no1. The summed E-state index contributed by atoms with van der Waals surface area (Å²) in [5, 5.41) is 3.65. The number of halogens is 2. The van der Waals surface area contributed by atoms with Gasteiger partial charge in [0.1, 0.15) is 0 Å². The summed E-state index contributed by atoms with van der Waals surface area (Å²) in [7, 11) is 0. The van der Waals surface area contributed by atoms with Crippen molar-refractivity contribution in [3.8, 4) is 11.4 Å². The number of benzene rings is 1. The molecule has 0 aliphatic carbocycles. The lowest BCUT2D eigenvalue weighted by atomic mass is 10.2. The highest BCUT2D eigenvalue weighted by Crippen LogP contribution is 2.18. The van der Waals surface area contributed by atoms with E-state index in [4.69, 9.17) is 10.3 Å². The molecule has 0 unspecified atom stereocenters. The van der Waals surface area contributed by atoms with E-state index in [2.05, 4.69) is 10.1 Å².